The van der Waals surface area contributed by atoms with Gasteiger partial charge in [0.2, 0.25) is 0 Å². The highest BCUT2D eigenvalue weighted by atomic mass is 16.5. The van der Waals surface area contributed by atoms with Crippen LogP contribution in [0.4, 0.5) is 0 Å². The molecular formula is C26H25NO2. The van der Waals surface area contributed by atoms with E-state index in [2.05, 4.69) is 38.1 Å². The zero-order chi connectivity index (χ0) is 20.2. The van der Waals surface area contributed by atoms with E-state index in [-0.39, 0.29) is 0 Å². The van der Waals surface area contributed by atoms with Crippen molar-refractivity contribution in [3.63, 3.8) is 0 Å². The molecule has 3 heteroatoms. The van der Waals surface area contributed by atoms with Crippen LogP contribution >= 0.6 is 0 Å². The summed E-state index contributed by atoms with van der Waals surface area (Å²) in [4.78, 5) is 11.8. The van der Waals surface area contributed by atoms with Crippen molar-refractivity contribution in [3.05, 3.63) is 95.8 Å². The summed E-state index contributed by atoms with van der Waals surface area (Å²) in [6, 6.07) is 24.5. The lowest BCUT2D eigenvalue weighted by Gasteiger charge is -2.17. The molecule has 0 spiro atoms. The molecule has 4 rings (SSSR count). The van der Waals surface area contributed by atoms with Gasteiger partial charge in [0.25, 0.3) is 0 Å². The van der Waals surface area contributed by atoms with Gasteiger partial charge in [-0.25, -0.2) is 0 Å². The van der Waals surface area contributed by atoms with E-state index >= 15 is 0 Å². The van der Waals surface area contributed by atoms with Gasteiger partial charge in [0.1, 0.15) is 12.4 Å². The zero-order valence-electron chi connectivity index (χ0n) is 16.8. The van der Waals surface area contributed by atoms with Crippen molar-refractivity contribution in [1.29, 1.82) is 0 Å². The first kappa shape index (κ1) is 19.0. The summed E-state index contributed by atoms with van der Waals surface area (Å²) in [6.07, 6.45) is 3.88. The minimum atomic E-state index is 0.359. The zero-order valence-corrected chi connectivity index (χ0v) is 16.8. The Morgan fingerprint density at radius 1 is 1.00 bits per heavy atom. The van der Waals surface area contributed by atoms with Gasteiger partial charge in [0.15, 0.2) is 6.29 Å². The fourth-order valence-corrected chi connectivity index (χ4v) is 3.68. The quantitative estimate of drug-likeness (QED) is 0.341. The Labute approximate surface area is 171 Å². The first-order valence-corrected chi connectivity index (χ1v) is 10.1. The van der Waals surface area contributed by atoms with Crippen molar-refractivity contribution < 1.29 is 9.53 Å². The molecule has 0 fully saturated rings. The smallest absolute Gasteiger partial charge is 0.167 e. The molecule has 146 valence electrons. The number of fused-ring (bicyclic) bond motifs is 1. The molecule has 3 nitrogen and oxygen atoms in total. The number of hydrogen-bond acceptors (Lipinski definition) is 2. The number of rotatable bonds is 7. The molecule has 2 aromatic carbocycles. The number of carbonyl (C=O) groups is 1. The van der Waals surface area contributed by atoms with E-state index in [0.717, 1.165) is 40.7 Å². The number of benzene rings is 2. The minimum absolute atomic E-state index is 0.359. The van der Waals surface area contributed by atoms with Crippen molar-refractivity contribution in [2.45, 2.75) is 32.8 Å². The van der Waals surface area contributed by atoms with Crippen LogP contribution in [0.3, 0.4) is 0 Å². The molecular weight excluding hydrogens is 358 g/mol. The number of nitrogens with zero attached hydrogens (tertiary/aromatic N) is 1. The minimum Gasteiger partial charge on any atom is -0.489 e. The van der Waals surface area contributed by atoms with E-state index in [4.69, 9.17) is 4.74 Å². The van der Waals surface area contributed by atoms with E-state index in [9.17, 15) is 4.79 Å². The largest absolute Gasteiger partial charge is 0.489 e. The molecule has 2 aromatic heterocycles. The SMILES string of the molecule is CCC(C)c1cc(-c2cc3ccccn3c2C=O)ccc1OCc1ccccc1. The van der Waals surface area contributed by atoms with Gasteiger partial charge in [-0.3, -0.25) is 4.79 Å². The Morgan fingerprint density at radius 2 is 1.79 bits per heavy atom. The molecule has 1 unspecified atom stereocenters. The summed E-state index contributed by atoms with van der Waals surface area (Å²) in [5, 5.41) is 0. The van der Waals surface area contributed by atoms with Crippen molar-refractivity contribution in [1.82, 2.24) is 4.40 Å². The Bertz CT molecular complexity index is 1130. The second-order valence-corrected chi connectivity index (χ2v) is 7.39. The van der Waals surface area contributed by atoms with Crippen molar-refractivity contribution in [2.75, 3.05) is 0 Å². The number of ether oxygens (including phenoxy) is 1. The second kappa shape index (κ2) is 8.36. The van der Waals surface area contributed by atoms with Crippen LogP contribution in [0.1, 0.15) is 47.8 Å². The number of hydrogen-bond donors (Lipinski definition) is 0. The Kier molecular flexibility index (Phi) is 5.48. The van der Waals surface area contributed by atoms with E-state index in [1.165, 1.54) is 5.56 Å². The fraction of sp³-hybridized carbons (Fsp3) is 0.192. The average molecular weight is 383 g/mol. The molecule has 0 amide bonds. The molecule has 0 N–H and O–H groups in total. The first-order chi connectivity index (χ1) is 14.2. The van der Waals surface area contributed by atoms with E-state index in [1.807, 2.05) is 59.1 Å². The van der Waals surface area contributed by atoms with Gasteiger partial charge in [-0.05, 0) is 59.4 Å². The van der Waals surface area contributed by atoms with E-state index < -0.39 is 0 Å². The fourth-order valence-electron chi connectivity index (χ4n) is 3.68. The van der Waals surface area contributed by atoms with Crippen LogP contribution in [-0.2, 0) is 6.61 Å². The summed E-state index contributed by atoms with van der Waals surface area (Å²) in [5.74, 6) is 1.26. The molecule has 0 aliphatic heterocycles. The first-order valence-electron chi connectivity index (χ1n) is 10.1. The average Bonchev–Trinajstić information content (AvgIpc) is 3.16. The van der Waals surface area contributed by atoms with Gasteiger partial charge in [0, 0.05) is 17.3 Å². The van der Waals surface area contributed by atoms with E-state index in [0.29, 0.717) is 18.2 Å². The lowest BCUT2D eigenvalue weighted by Crippen LogP contribution is -2.02. The van der Waals surface area contributed by atoms with Gasteiger partial charge in [0.05, 0.1) is 5.69 Å². The topological polar surface area (TPSA) is 30.7 Å². The van der Waals surface area contributed by atoms with E-state index in [1.54, 1.807) is 0 Å². The van der Waals surface area contributed by atoms with Crippen LogP contribution in [0.2, 0.25) is 0 Å². The van der Waals surface area contributed by atoms with Crippen LogP contribution in [0.25, 0.3) is 16.6 Å². The summed E-state index contributed by atoms with van der Waals surface area (Å²) < 4.78 is 8.11. The highest BCUT2D eigenvalue weighted by molar-refractivity contribution is 5.90. The summed E-state index contributed by atoms with van der Waals surface area (Å²) in [5.41, 5.74) is 6.00. The maximum absolute atomic E-state index is 11.8. The molecule has 1 atom stereocenters. The maximum Gasteiger partial charge on any atom is 0.167 e. The van der Waals surface area contributed by atoms with Gasteiger partial charge < -0.3 is 9.14 Å². The number of aldehydes is 1. The van der Waals surface area contributed by atoms with Crippen LogP contribution in [0.15, 0.2) is 79.0 Å². The van der Waals surface area contributed by atoms with Gasteiger partial charge in [-0.15, -0.1) is 0 Å². The van der Waals surface area contributed by atoms with Crippen LogP contribution < -0.4 is 4.74 Å². The van der Waals surface area contributed by atoms with Crippen LogP contribution in [-0.4, -0.2) is 10.7 Å². The summed E-state index contributed by atoms with van der Waals surface area (Å²) in [7, 11) is 0. The molecule has 0 radical (unpaired) electrons. The molecule has 0 aliphatic rings. The molecule has 0 aliphatic carbocycles. The normalized spacial score (nSPS) is 12.1. The van der Waals surface area contributed by atoms with Crippen LogP contribution in [0.5, 0.6) is 5.75 Å². The Morgan fingerprint density at radius 3 is 2.55 bits per heavy atom. The third-order valence-corrected chi connectivity index (χ3v) is 5.53. The van der Waals surface area contributed by atoms with Crippen molar-refractivity contribution in [3.8, 4) is 16.9 Å². The van der Waals surface area contributed by atoms with Gasteiger partial charge in [-0.1, -0.05) is 56.3 Å². The summed E-state index contributed by atoms with van der Waals surface area (Å²) >= 11 is 0. The highest BCUT2D eigenvalue weighted by Gasteiger charge is 2.16. The molecule has 29 heavy (non-hydrogen) atoms. The number of pyridine rings is 1. The number of carbonyl (C=O) groups excluding carboxylic acids is 1. The molecule has 0 saturated heterocycles. The van der Waals surface area contributed by atoms with Gasteiger partial charge in [-0.2, -0.15) is 0 Å². The van der Waals surface area contributed by atoms with Gasteiger partial charge >= 0.3 is 0 Å². The molecule has 2 heterocycles. The number of aromatic nitrogens is 1. The molecule has 4 aromatic rings. The Hall–Kier alpha value is -3.33. The lowest BCUT2D eigenvalue weighted by atomic mass is 9.93. The predicted octanol–water partition coefficient (Wildman–Crippen LogP) is 6.51. The highest BCUT2D eigenvalue weighted by Crippen LogP contribution is 2.35. The van der Waals surface area contributed by atoms with Crippen molar-refractivity contribution in [2.24, 2.45) is 0 Å². The van der Waals surface area contributed by atoms with Crippen molar-refractivity contribution >= 4 is 11.8 Å². The third-order valence-electron chi connectivity index (χ3n) is 5.53. The monoisotopic (exact) mass is 383 g/mol. The Balaban J connectivity index is 1.73. The predicted molar refractivity (Wildman–Crippen MR) is 118 cm³/mol. The third kappa shape index (κ3) is 3.81. The lowest BCUT2D eigenvalue weighted by molar-refractivity contribution is 0.111. The second-order valence-electron chi connectivity index (χ2n) is 7.39. The maximum atomic E-state index is 11.8. The standard InChI is InChI=1S/C26H25NO2/c1-3-19(2)23-15-21(12-13-26(23)29-18-20-9-5-4-6-10-20)24-16-22-11-7-8-14-27(22)25(24)17-28/h4-17,19H,3,18H2,1-2H3. The molecule has 0 saturated carbocycles. The molecule has 0 bridgehead atoms. The van der Waals surface area contributed by atoms with Crippen LogP contribution in [0, 0.1) is 0 Å². The summed E-state index contributed by atoms with van der Waals surface area (Å²) in [6.45, 7) is 4.94.